The maximum atomic E-state index is 10.7. The van der Waals surface area contributed by atoms with E-state index in [4.69, 9.17) is 17.3 Å². The van der Waals surface area contributed by atoms with Crippen LogP contribution in [0.5, 0.6) is 0 Å². The Kier molecular flexibility index (Phi) is 3.24. The molecule has 0 radical (unpaired) electrons. The fourth-order valence-corrected chi connectivity index (χ4v) is 2.89. The van der Waals surface area contributed by atoms with Crippen molar-refractivity contribution < 1.29 is 5.11 Å². The lowest BCUT2D eigenvalue weighted by molar-refractivity contribution is -0.0148. The molecule has 0 aliphatic heterocycles. The van der Waals surface area contributed by atoms with Crippen molar-refractivity contribution in [3.05, 3.63) is 16.9 Å². The molecular weight excluding hydrogens is 226 g/mol. The first-order chi connectivity index (χ1) is 7.57. The molecule has 0 bridgehead atoms. The Morgan fingerprint density at radius 2 is 2.50 bits per heavy atom. The molecule has 16 heavy (non-hydrogen) atoms. The number of aromatic nitrogens is 2. The summed E-state index contributed by atoms with van der Waals surface area (Å²) in [6.07, 6.45) is 4.78. The standard InChI is InChI=1S/C11H18ClN3O/c1-2-15-10(9(12)7-14-15)11(16)5-3-4-8(13)6-11/h7-8,16H,2-6,13H2,1H3. The fraction of sp³-hybridized carbons (Fsp3) is 0.727. The number of nitrogens with two attached hydrogens (primary N) is 1. The molecule has 1 saturated carbocycles. The van der Waals surface area contributed by atoms with Gasteiger partial charge >= 0.3 is 0 Å². The van der Waals surface area contributed by atoms with Crippen LogP contribution >= 0.6 is 11.6 Å². The lowest BCUT2D eigenvalue weighted by Gasteiger charge is -2.35. The smallest absolute Gasteiger partial charge is 0.109 e. The van der Waals surface area contributed by atoms with Crippen LogP contribution in [0.1, 0.15) is 38.3 Å². The monoisotopic (exact) mass is 243 g/mol. The third-order valence-corrected chi connectivity index (χ3v) is 3.58. The number of rotatable bonds is 2. The summed E-state index contributed by atoms with van der Waals surface area (Å²) in [5.41, 5.74) is 5.75. The van der Waals surface area contributed by atoms with Gasteiger partial charge in [-0.05, 0) is 32.6 Å². The third kappa shape index (κ3) is 1.97. The van der Waals surface area contributed by atoms with Crippen LogP contribution in [0.25, 0.3) is 0 Å². The number of aliphatic hydroxyl groups is 1. The second-order valence-electron chi connectivity index (χ2n) is 4.54. The van der Waals surface area contributed by atoms with Crippen molar-refractivity contribution in [3.8, 4) is 0 Å². The Morgan fingerprint density at radius 1 is 1.75 bits per heavy atom. The van der Waals surface area contributed by atoms with Crippen molar-refractivity contribution in [2.45, 2.75) is 50.8 Å². The summed E-state index contributed by atoms with van der Waals surface area (Å²) in [4.78, 5) is 0. The molecule has 0 spiro atoms. The average molecular weight is 244 g/mol. The topological polar surface area (TPSA) is 64.1 Å². The zero-order chi connectivity index (χ0) is 11.8. The van der Waals surface area contributed by atoms with E-state index in [-0.39, 0.29) is 6.04 Å². The molecule has 1 aromatic rings. The Labute approximate surface area is 100 Å². The molecule has 1 aliphatic rings. The SMILES string of the molecule is CCn1ncc(Cl)c1C1(O)CCCC(N)C1. The van der Waals surface area contributed by atoms with Gasteiger partial charge in [0, 0.05) is 12.6 Å². The van der Waals surface area contributed by atoms with E-state index in [1.165, 1.54) is 0 Å². The second kappa shape index (κ2) is 4.35. The van der Waals surface area contributed by atoms with Gasteiger partial charge in [-0.15, -0.1) is 0 Å². The quantitative estimate of drug-likeness (QED) is 0.830. The van der Waals surface area contributed by atoms with Gasteiger partial charge in [-0.2, -0.15) is 5.10 Å². The Morgan fingerprint density at radius 3 is 3.12 bits per heavy atom. The molecule has 0 aromatic carbocycles. The summed E-state index contributed by atoms with van der Waals surface area (Å²) in [5, 5.41) is 15.4. The van der Waals surface area contributed by atoms with Gasteiger partial charge in [0.05, 0.1) is 16.9 Å². The first kappa shape index (κ1) is 11.9. The Bertz CT molecular complexity index is 379. The summed E-state index contributed by atoms with van der Waals surface area (Å²) < 4.78 is 1.76. The molecule has 2 unspecified atom stereocenters. The second-order valence-corrected chi connectivity index (χ2v) is 4.95. The molecular formula is C11H18ClN3O. The van der Waals surface area contributed by atoms with E-state index in [1.54, 1.807) is 10.9 Å². The molecule has 2 atom stereocenters. The van der Waals surface area contributed by atoms with Crippen molar-refractivity contribution in [2.24, 2.45) is 5.73 Å². The van der Waals surface area contributed by atoms with E-state index in [2.05, 4.69) is 5.10 Å². The molecule has 3 N–H and O–H groups in total. The van der Waals surface area contributed by atoms with Crippen molar-refractivity contribution >= 4 is 11.6 Å². The summed E-state index contributed by atoms with van der Waals surface area (Å²) >= 11 is 6.11. The molecule has 0 amide bonds. The van der Waals surface area contributed by atoms with Gasteiger partial charge in [0.2, 0.25) is 0 Å². The third-order valence-electron chi connectivity index (χ3n) is 3.30. The Hall–Kier alpha value is -0.580. The zero-order valence-corrected chi connectivity index (χ0v) is 10.2. The maximum absolute atomic E-state index is 10.7. The number of hydrogen-bond donors (Lipinski definition) is 2. The van der Waals surface area contributed by atoms with E-state index in [9.17, 15) is 5.11 Å². The fourth-order valence-electron chi connectivity index (χ4n) is 2.57. The van der Waals surface area contributed by atoms with Crippen molar-refractivity contribution in [2.75, 3.05) is 0 Å². The molecule has 0 saturated heterocycles. The first-order valence-corrected chi connectivity index (χ1v) is 6.14. The van der Waals surface area contributed by atoms with Crippen molar-refractivity contribution in [3.63, 3.8) is 0 Å². The van der Waals surface area contributed by atoms with Crippen molar-refractivity contribution in [1.82, 2.24) is 9.78 Å². The highest BCUT2D eigenvalue weighted by molar-refractivity contribution is 6.31. The molecule has 90 valence electrons. The molecule has 1 fully saturated rings. The molecule has 2 rings (SSSR count). The van der Waals surface area contributed by atoms with Crippen LogP contribution < -0.4 is 5.73 Å². The van der Waals surface area contributed by atoms with E-state index in [0.717, 1.165) is 18.5 Å². The Balaban J connectivity index is 2.37. The van der Waals surface area contributed by atoms with E-state index in [1.807, 2.05) is 6.92 Å². The van der Waals surface area contributed by atoms with Crippen LogP contribution in [0.3, 0.4) is 0 Å². The maximum Gasteiger partial charge on any atom is 0.109 e. The van der Waals surface area contributed by atoms with Crippen LogP contribution in [0, 0.1) is 0 Å². The van der Waals surface area contributed by atoms with Crippen molar-refractivity contribution in [1.29, 1.82) is 0 Å². The van der Waals surface area contributed by atoms with Gasteiger partial charge in [0.1, 0.15) is 5.60 Å². The lowest BCUT2D eigenvalue weighted by atomic mass is 9.80. The number of nitrogens with zero attached hydrogens (tertiary/aromatic N) is 2. The molecule has 1 heterocycles. The first-order valence-electron chi connectivity index (χ1n) is 5.76. The van der Waals surface area contributed by atoms with Gasteiger partial charge in [0.25, 0.3) is 0 Å². The minimum atomic E-state index is -0.902. The van der Waals surface area contributed by atoms with Crippen LogP contribution in [-0.2, 0) is 12.1 Å². The van der Waals surface area contributed by atoms with E-state index in [0.29, 0.717) is 24.4 Å². The van der Waals surface area contributed by atoms with Gasteiger partial charge in [-0.3, -0.25) is 4.68 Å². The van der Waals surface area contributed by atoms with Gasteiger partial charge in [0.15, 0.2) is 0 Å². The normalized spacial score (nSPS) is 30.6. The van der Waals surface area contributed by atoms with Crippen LogP contribution in [0.4, 0.5) is 0 Å². The van der Waals surface area contributed by atoms with Crippen LogP contribution in [-0.4, -0.2) is 20.9 Å². The predicted molar refractivity (Wildman–Crippen MR) is 63.3 cm³/mol. The van der Waals surface area contributed by atoms with Gasteiger partial charge in [-0.1, -0.05) is 11.6 Å². The number of halogens is 1. The summed E-state index contributed by atoms with van der Waals surface area (Å²) in [7, 11) is 0. The van der Waals surface area contributed by atoms with E-state index < -0.39 is 5.60 Å². The minimum Gasteiger partial charge on any atom is -0.383 e. The number of hydrogen-bond acceptors (Lipinski definition) is 3. The largest absolute Gasteiger partial charge is 0.383 e. The lowest BCUT2D eigenvalue weighted by Crippen LogP contribution is -2.40. The predicted octanol–water partition coefficient (Wildman–Crippen LogP) is 1.65. The highest BCUT2D eigenvalue weighted by atomic mass is 35.5. The number of aryl methyl sites for hydroxylation is 1. The molecule has 1 aliphatic carbocycles. The summed E-state index contributed by atoms with van der Waals surface area (Å²) in [6, 6.07) is 0.0509. The summed E-state index contributed by atoms with van der Waals surface area (Å²) in [6.45, 7) is 2.69. The van der Waals surface area contributed by atoms with Crippen LogP contribution in [0.15, 0.2) is 6.20 Å². The molecule has 4 nitrogen and oxygen atoms in total. The molecule has 5 heteroatoms. The highest BCUT2D eigenvalue weighted by Crippen LogP contribution is 2.39. The highest BCUT2D eigenvalue weighted by Gasteiger charge is 2.38. The van der Waals surface area contributed by atoms with Gasteiger partial charge < -0.3 is 10.8 Å². The molecule has 1 aromatic heterocycles. The minimum absolute atomic E-state index is 0.0509. The van der Waals surface area contributed by atoms with Crippen LogP contribution in [0.2, 0.25) is 5.02 Å². The van der Waals surface area contributed by atoms with E-state index >= 15 is 0 Å². The zero-order valence-electron chi connectivity index (χ0n) is 9.49. The average Bonchev–Trinajstić information content (AvgIpc) is 2.59. The van der Waals surface area contributed by atoms with Gasteiger partial charge in [-0.25, -0.2) is 0 Å². The summed E-state index contributed by atoms with van der Waals surface area (Å²) in [5.74, 6) is 0.